The zero-order chi connectivity index (χ0) is 12.3. The quantitative estimate of drug-likeness (QED) is 0.886. The first kappa shape index (κ1) is 12.3. The van der Waals surface area contributed by atoms with Crippen LogP contribution in [0.4, 0.5) is 0 Å². The first-order valence-electron chi connectivity index (χ1n) is 5.83. The lowest BCUT2D eigenvalue weighted by Crippen LogP contribution is -2.19. The average Bonchev–Trinajstić information content (AvgIpc) is 2.93. The molecule has 17 heavy (non-hydrogen) atoms. The number of aromatic nitrogens is 2. The molecule has 0 spiro atoms. The molecule has 0 aliphatic heterocycles. The molecule has 2 aromatic heterocycles. The number of thiophene rings is 1. The fourth-order valence-electron chi connectivity index (χ4n) is 1.54. The highest BCUT2D eigenvalue weighted by molar-refractivity contribution is 7.13. The van der Waals surface area contributed by atoms with Gasteiger partial charge in [-0.05, 0) is 43.8 Å². The molecule has 2 rings (SSSR count). The summed E-state index contributed by atoms with van der Waals surface area (Å²) in [6.45, 7) is 7.17. The van der Waals surface area contributed by atoms with Crippen LogP contribution in [-0.2, 0) is 0 Å². The van der Waals surface area contributed by atoms with Crippen LogP contribution in [0, 0.1) is 6.92 Å². The molecule has 0 amide bonds. The summed E-state index contributed by atoms with van der Waals surface area (Å²) in [5.74, 6) is 1.28. The Hall–Kier alpha value is -1.20. The molecule has 0 bridgehead atoms. The molecule has 0 aliphatic carbocycles. The van der Waals surface area contributed by atoms with E-state index in [2.05, 4.69) is 35.4 Å². The summed E-state index contributed by atoms with van der Waals surface area (Å²) in [7, 11) is 0. The van der Waals surface area contributed by atoms with Crippen LogP contribution in [0.1, 0.15) is 37.8 Å². The summed E-state index contributed by atoms with van der Waals surface area (Å²) in [5.41, 5.74) is 1.18. The molecule has 1 unspecified atom stereocenters. The Morgan fingerprint density at radius 3 is 2.94 bits per heavy atom. The minimum absolute atomic E-state index is 0.108. The second-order valence-electron chi connectivity index (χ2n) is 4.05. The Morgan fingerprint density at radius 1 is 1.47 bits per heavy atom. The molecule has 5 heteroatoms. The van der Waals surface area contributed by atoms with Gasteiger partial charge < -0.3 is 9.73 Å². The molecule has 0 radical (unpaired) electrons. The van der Waals surface area contributed by atoms with Crippen LogP contribution in [0.25, 0.3) is 10.8 Å². The van der Waals surface area contributed by atoms with Crippen LogP contribution in [0.5, 0.6) is 0 Å². The maximum atomic E-state index is 5.69. The van der Waals surface area contributed by atoms with Gasteiger partial charge in [-0.1, -0.05) is 6.92 Å². The van der Waals surface area contributed by atoms with Gasteiger partial charge in [0.25, 0.3) is 5.89 Å². The summed E-state index contributed by atoms with van der Waals surface area (Å²) in [4.78, 5) is 1.06. The lowest BCUT2D eigenvalue weighted by atomic mass is 10.3. The van der Waals surface area contributed by atoms with E-state index in [0.717, 1.165) is 17.8 Å². The fourth-order valence-corrected chi connectivity index (χ4v) is 2.39. The average molecular weight is 251 g/mol. The maximum Gasteiger partial charge on any atom is 0.258 e. The van der Waals surface area contributed by atoms with Crippen molar-refractivity contribution in [3.05, 3.63) is 22.9 Å². The molecule has 2 heterocycles. The zero-order valence-electron chi connectivity index (χ0n) is 10.4. The number of rotatable bonds is 5. The summed E-state index contributed by atoms with van der Waals surface area (Å²) < 4.78 is 5.69. The van der Waals surface area contributed by atoms with E-state index in [4.69, 9.17) is 4.42 Å². The van der Waals surface area contributed by atoms with Crippen molar-refractivity contribution >= 4 is 11.3 Å². The van der Waals surface area contributed by atoms with Gasteiger partial charge in [0.1, 0.15) is 0 Å². The van der Waals surface area contributed by atoms with Crippen LogP contribution in [0.3, 0.4) is 0 Å². The van der Waals surface area contributed by atoms with Gasteiger partial charge in [-0.25, -0.2) is 0 Å². The Bertz CT molecular complexity index is 478. The topological polar surface area (TPSA) is 51.0 Å². The highest BCUT2D eigenvalue weighted by atomic mass is 32.1. The maximum absolute atomic E-state index is 5.69. The third-order valence-corrected chi connectivity index (χ3v) is 3.57. The second kappa shape index (κ2) is 5.42. The van der Waals surface area contributed by atoms with E-state index < -0.39 is 0 Å². The van der Waals surface area contributed by atoms with E-state index >= 15 is 0 Å². The summed E-state index contributed by atoms with van der Waals surface area (Å²) >= 11 is 1.63. The van der Waals surface area contributed by atoms with E-state index in [0.29, 0.717) is 11.8 Å². The van der Waals surface area contributed by atoms with Gasteiger partial charge in [0.2, 0.25) is 5.89 Å². The van der Waals surface area contributed by atoms with E-state index in [-0.39, 0.29) is 6.04 Å². The van der Waals surface area contributed by atoms with Gasteiger partial charge in [0.05, 0.1) is 10.9 Å². The summed E-state index contributed by atoms with van der Waals surface area (Å²) in [6, 6.07) is 2.17. The van der Waals surface area contributed by atoms with Crippen LogP contribution in [0.2, 0.25) is 0 Å². The third kappa shape index (κ3) is 2.73. The normalized spacial score (nSPS) is 12.9. The van der Waals surface area contributed by atoms with Crippen LogP contribution < -0.4 is 5.32 Å². The number of hydrogen-bond acceptors (Lipinski definition) is 5. The molecule has 0 saturated heterocycles. The molecule has 1 N–H and O–H groups in total. The van der Waals surface area contributed by atoms with Crippen molar-refractivity contribution in [3.8, 4) is 10.8 Å². The molecule has 0 fully saturated rings. The molecule has 2 aromatic rings. The lowest BCUT2D eigenvalue weighted by Gasteiger charge is -2.07. The number of nitrogens with one attached hydrogen (secondary N) is 1. The monoisotopic (exact) mass is 251 g/mol. The molecule has 0 aromatic carbocycles. The Balaban J connectivity index is 2.13. The van der Waals surface area contributed by atoms with Crippen molar-refractivity contribution in [1.29, 1.82) is 0 Å². The number of hydrogen-bond donors (Lipinski definition) is 1. The zero-order valence-corrected chi connectivity index (χ0v) is 11.2. The Morgan fingerprint density at radius 2 is 2.29 bits per heavy atom. The predicted octanol–water partition coefficient (Wildman–Crippen LogP) is 3.17. The van der Waals surface area contributed by atoms with Gasteiger partial charge in [-0.3, -0.25) is 0 Å². The smallest absolute Gasteiger partial charge is 0.258 e. The van der Waals surface area contributed by atoms with Gasteiger partial charge in [-0.2, -0.15) is 0 Å². The highest BCUT2D eigenvalue weighted by Crippen LogP contribution is 2.28. The predicted molar refractivity (Wildman–Crippen MR) is 69.1 cm³/mol. The standard InChI is InChI=1S/C12H17N3OS/c1-4-6-13-9(3)11-14-15-12(16-11)10-8(2)5-7-17-10/h5,7,9,13H,4,6H2,1-3H3. The molecule has 1 atom stereocenters. The van der Waals surface area contributed by atoms with Crippen LogP contribution in [-0.4, -0.2) is 16.7 Å². The fraction of sp³-hybridized carbons (Fsp3) is 0.500. The van der Waals surface area contributed by atoms with Crippen LogP contribution in [0.15, 0.2) is 15.9 Å². The first-order valence-corrected chi connectivity index (χ1v) is 6.71. The van der Waals surface area contributed by atoms with Crippen LogP contribution >= 0.6 is 11.3 Å². The third-order valence-electron chi connectivity index (χ3n) is 2.57. The lowest BCUT2D eigenvalue weighted by molar-refractivity contribution is 0.423. The van der Waals surface area contributed by atoms with Crippen molar-refractivity contribution < 1.29 is 4.42 Å². The van der Waals surface area contributed by atoms with Crippen molar-refractivity contribution in [3.63, 3.8) is 0 Å². The van der Waals surface area contributed by atoms with Crippen molar-refractivity contribution in [2.75, 3.05) is 6.54 Å². The minimum Gasteiger partial charge on any atom is -0.418 e. The van der Waals surface area contributed by atoms with Crippen molar-refractivity contribution in [1.82, 2.24) is 15.5 Å². The van der Waals surface area contributed by atoms with Crippen molar-refractivity contribution in [2.45, 2.75) is 33.2 Å². The SMILES string of the molecule is CCCNC(C)c1nnc(-c2sccc2C)o1. The van der Waals surface area contributed by atoms with E-state index in [1.807, 2.05) is 12.3 Å². The van der Waals surface area contributed by atoms with Crippen molar-refractivity contribution in [2.24, 2.45) is 0 Å². The number of nitrogens with zero attached hydrogens (tertiary/aromatic N) is 2. The molecule has 0 saturated carbocycles. The van der Waals surface area contributed by atoms with Gasteiger partial charge >= 0.3 is 0 Å². The molecule has 92 valence electrons. The van der Waals surface area contributed by atoms with E-state index in [1.54, 1.807) is 11.3 Å². The first-order chi connectivity index (χ1) is 8.22. The van der Waals surface area contributed by atoms with Gasteiger partial charge in [-0.15, -0.1) is 21.5 Å². The molecular weight excluding hydrogens is 234 g/mol. The summed E-state index contributed by atoms with van der Waals surface area (Å²) in [6.07, 6.45) is 1.09. The minimum atomic E-state index is 0.108. The molecule has 4 nitrogen and oxygen atoms in total. The molecule has 0 aliphatic rings. The molecular formula is C12H17N3OS. The number of aryl methyl sites for hydroxylation is 1. The van der Waals surface area contributed by atoms with Gasteiger partial charge in [0, 0.05) is 0 Å². The second-order valence-corrected chi connectivity index (χ2v) is 4.97. The Labute approximate surface area is 105 Å². The van der Waals surface area contributed by atoms with Gasteiger partial charge in [0.15, 0.2) is 0 Å². The highest BCUT2D eigenvalue weighted by Gasteiger charge is 2.15. The van der Waals surface area contributed by atoms with E-state index in [9.17, 15) is 0 Å². The Kier molecular flexibility index (Phi) is 3.91. The summed E-state index contributed by atoms with van der Waals surface area (Å²) in [5, 5.41) is 13.6. The largest absolute Gasteiger partial charge is 0.418 e. The van der Waals surface area contributed by atoms with E-state index in [1.165, 1.54) is 5.56 Å².